The Labute approximate surface area is 239 Å². The number of primary amides is 1. The van der Waals surface area contributed by atoms with E-state index < -0.39 is 11.9 Å². The highest BCUT2D eigenvalue weighted by Crippen LogP contribution is 2.41. The van der Waals surface area contributed by atoms with Crippen LogP contribution in [0, 0.1) is 0 Å². The van der Waals surface area contributed by atoms with Gasteiger partial charge in [0.25, 0.3) is 5.91 Å². The van der Waals surface area contributed by atoms with E-state index in [1.54, 1.807) is 36.7 Å². The van der Waals surface area contributed by atoms with Crippen molar-refractivity contribution in [3.8, 4) is 32.3 Å². The molecule has 2 heterocycles. The van der Waals surface area contributed by atoms with E-state index in [1.165, 1.54) is 11.3 Å². The number of nitrogens with zero attached hydrogens (tertiary/aromatic N) is 2. The predicted octanol–water partition coefficient (Wildman–Crippen LogP) is 6.67. The van der Waals surface area contributed by atoms with E-state index in [-0.39, 0.29) is 5.91 Å². The number of carbonyl (C=O) groups is 2. The van der Waals surface area contributed by atoms with E-state index in [0.29, 0.717) is 22.0 Å². The highest BCUT2D eigenvalue weighted by atomic mass is 35.5. The second kappa shape index (κ2) is 11.8. The molecule has 0 fully saturated rings. The van der Waals surface area contributed by atoms with Crippen molar-refractivity contribution >= 4 is 46.4 Å². The van der Waals surface area contributed by atoms with Gasteiger partial charge in [-0.25, -0.2) is 4.98 Å². The molecular weight excluding hydrogens is 551 g/mol. The summed E-state index contributed by atoms with van der Waals surface area (Å²) in [4.78, 5) is 35.0. The van der Waals surface area contributed by atoms with Gasteiger partial charge in [0.1, 0.15) is 11.0 Å². The lowest BCUT2D eigenvalue weighted by atomic mass is 10.0. The largest absolute Gasteiger partial charge is 0.368 e. The van der Waals surface area contributed by atoms with Crippen molar-refractivity contribution in [3.05, 3.63) is 118 Å². The molecule has 0 aliphatic rings. The van der Waals surface area contributed by atoms with Crippen molar-refractivity contribution in [2.24, 2.45) is 5.73 Å². The minimum Gasteiger partial charge on any atom is -0.368 e. The second-order valence-electron chi connectivity index (χ2n) is 8.76. The Bertz CT molecular complexity index is 1620. The Balaban J connectivity index is 1.44. The molecule has 9 heteroatoms. The van der Waals surface area contributed by atoms with Crippen molar-refractivity contribution in [2.45, 2.75) is 12.5 Å². The van der Waals surface area contributed by atoms with E-state index in [2.05, 4.69) is 10.3 Å². The van der Waals surface area contributed by atoms with E-state index in [1.807, 2.05) is 60.7 Å². The van der Waals surface area contributed by atoms with Gasteiger partial charge in [0, 0.05) is 35.5 Å². The number of nitrogens with two attached hydrogens (primary N) is 1. The van der Waals surface area contributed by atoms with Crippen molar-refractivity contribution in [2.75, 3.05) is 0 Å². The maximum atomic E-state index is 13.0. The Morgan fingerprint density at radius 2 is 1.62 bits per heavy atom. The quantitative estimate of drug-likeness (QED) is 0.217. The molecule has 3 aromatic carbocycles. The van der Waals surface area contributed by atoms with E-state index in [0.717, 1.165) is 37.8 Å². The summed E-state index contributed by atoms with van der Waals surface area (Å²) in [5, 5.41) is 4.45. The Morgan fingerprint density at radius 3 is 2.28 bits per heavy atom. The molecule has 5 aromatic rings. The van der Waals surface area contributed by atoms with Crippen LogP contribution in [-0.2, 0) is 11.2 Å². The summed E-state index contributed by atoms with van der Waals surface area (Å²) < 4.78 is 0. The van der Waals surface area contributed by atoms with Gasteiger partial charge < -0.3 is 11.1 Å². The lowest BCUT2D eigenvalue weighted by Gasteiger charge is -2.16. The smallest absolute Gasteiger partial charge is 0.251 e. The van der Waals surface area contributed by atoms with Gasteiger partial charge in [0.15, 0.2) is 0 Å². The molecule has 0 bridgehead atoms. The zero-order chi connectivity index (χ0) is 27.4. The number of aromatic nitrogens is 2. The topological polar surface area (TPSA) is 98.0 Å². The third-order valence-electron chi connectivity index (χ3n) is 6.07. The van der Waals surface area contributed by atoms with Gasteiger partial charge >= 0.3 is 0 Å². The number of halogens is 2. The van der Waals surface area contributed by atoms with Crippen LogP contribution < -0.4 is 11.1 Å². The van der Waals surface area contributed by atoms with Crippen molar-refractivity contribution in [3.63, 3.8) is 0 Å². The van der Waals surface area contributed by atoms with E-state index in [9.17, 15) is 9.59 Å². The fourth-order valence-electron chi connectivity index (χ4n) is 4.05. The molecule has 1 atom stereocenters. The maximum Gasteiger partial charge on any atom is 0.251 e. The highest BCUT2D eigenvalue weighted by molar-refractivity contribution is 7.19. The third kappa shape index (κ3) is 6.17. The van der Waals surface area contributed by atoms with Crippen LogP contribution >= 0.6 is 34.5 Å². The van der Waals surface area contributed by atoms with Crippen LogP contribution in [0.15, 0.2) is 97.3 Å². The van der Waals surface area contributed by atoms with Crippen LogP contribution in [0.4, 0.5) is 0 Å². The minimum absolute atomic E-state index is 0.311. The SMILES string of the molecule is NC(=O)[C@H](Cc1ccccc1)NC(=O)c1ccc(-c2sc(-c3cccnc3)nc2-c2ccc(Cl)c(Cl)c2)cc1. The lowest BCUT2D eigenvalue weighted by Crippen LogP contribution is -2.45. The van der Waals surface area contributed by atoms with Gasteiger partial charge in [-0.05, 0) is 47.5 Å². The number of thiazole rings is 1. The average Bonchev–Trinajstić information content (AvgIpc) is 3.41. The fraction of sp³-hybridized carbons (Fsp3) is 0.0667. The second-order valence-corrected chi connectivity index (χ2v) is 10.6. The number of hydrogen-bond acceptors (Lipinski definition) is 5. The minimum atomic E-state index is -0.829. The first kappa shape index (κ1) is 26.6. The third-order valence-corrected chi connectivity index (χ3v) is 7.96. The Morgan fingerprint density at radius 1 is 0.872 bits per heavy atom. The first-order valence-electron chi connectivity index (χ1n) is 12.0. The number of pyridine rings is 1. The summed E-state index contributed by atoms with van der Waals surface area (Å²) in [7, 11) is 0. The number of rotatable bonds is 8. The number of amides is 2. The fourth-order valence-corrected chi connectivity index (χ4v) is 5.44. The Hall–Kier alpha value is -4.04. The number of carbonyl (C=O) groups excluding carboxylic acids is 2. The summed E-state index contributed by atoms with van der Waals surface area (Å²) in [5.74, 6) is -0.978. The van der Waals surface area contributed by atoms with Crippen LogP contribution in [0.2, 0.25) is 10.0 Å². The number of hydrogen-bond donors (Lipinski definition) is 2. The summed E-state index contributed by atoms with van der Waals surface area (Å²) in [6.45, 7) is 0. The predicted molar refractivity (Wildman–Crippen MR) is 157 cm³/mol. The zero-order valence-electron chi connectivity index (χ0n) is 20.5. The molecule has 3 N–H and O–H groups in total. The first-order valence-corrected chi connectivity index (χ1v) is 13.6. The van der Waals surface area contributed by atoms with E-state index >= 15 is 0 Å². The molecule has 194 valence electrons. The van der Waals surface area contributed by atoms with Gasteiger partial charge in [-0.15, -0.1) is 11.3 Å². The van der Waals surface area contributed by atoms with Gasteiger partial charge in [-0.1, -0.05) is 71.7 Å². The number of nitrogens with one attached hydrogen (secondary N) is 1. The van der Waals surface area contributed by atoms with E-state index in [4.69, 9.17) is 33.9 Å². The molecular formula is C30H22Cl2N4O2S. The van der Waals surface area contributed by atoms with Crippen LogP contribution in [-0.4, -0.2) is 27.8 Å². The van der Waals surface area contributed by atoms with Gasteiger partial charge in [-0.2, -0.15) is 0 Å². The summed E-state index contributed by atoms with van der Waals surface area (Å²) >= 11 is 14.0. The highest BCUT2D eigenvalue weighted by Gasteiger charge is 2.21. The standard InChI is InChI=1S/C30H22Cl2N4O2S/c31-23-13-12-21(16-24(23)32)26-27(39-30(36-26)22-7-4-14-34-17-22)19-8-10-20(11-9-19)29(38)35-25(28(33)37)15-18-5-2-1-3-6-18/h1-14,16-17,25H,15H2,(H2,33,37)(H,35,38)/t25-/m0/s1. The molecule has 0 radical (unpaired) electrons. The lowest BCUT2D eigenvalue weighted by molar-refractivity contribution is -0.119. The van der Waals surface area contributed by atoms with Crippen LogP contribution in [0.5, 0.6) is 0 Å². The van der Waals surface area contributed by atoms with Crippen molar-refractivity contribution < 1.29 is 9.59 Å². The van der Waals surface area contributed by atoms with Gasteiger partial charge in [0.2, 0.25) is 5.91 Å². The molecule has 5 rings (SSSR count). The monoisotopic (exact) mass is 572 g/mol. The van der Waals surface area contributed by atoms with Crippen LogP contribution in [0.1, 0.15) is 15.9 Å². The molecule has 0 unspecified atom stereocenters. The molecule has 39 heavy (non-hydrogen) atoms. The summed E-state index contributed by atoms with van der Waals surface area (Å²) in [5.41, 5.74) is 10.2. The summed E-state index contributed by atoms with van der Waals surface area (Å²) in [6.07, 6.45) is 3.79. The van der Waals surface area contributed by atoms with Crippen LogP contribution in [0.3, 0.4) is 0 Å². The molecule has 0 saturated heterocycles. The first-order chi connectivity index (χ1) is 18.9. The van der Waals surface area contributed by atoms with Gasteiger partial charge in [-0.3, -0.25) is 14.6 Å². The molecule has 0 saturated carbocycles. The maximum absolute atomic E-state index is 13.0. The molecule has 0 aliphatic heterocycles. The average molecular weight is 574 g/mol. The number of benzene rings is 3. The van der Waals surface area contributed by atoms with Crippen molar-refractivity contribution in [1.82, 2.24) is 15.3 Å². The molecule has 0 aliphatic carbocycles. The van der Waals surface area contributed by atoms with Crippen LogP contribution in [0.25, 0.3) is 32.3 Å². The van der Waals surface area contributed by atoms with Crippen molar-refractivity contribution in [1.29, 1.82) is 0 Å². The normalized spacial score (nSPS) is 11.6. The molecule has 2 aromatic heterocycles. The Kier molecular flexibility index (Phi) is 8.02. The molecule has 0 spiro atoms. The molecule has 2 amide bonds. The summed E-state index contributed by atoms with van der Waals surface area (Å²) in [6, 6.07) is 24.9. The zero-order valence-corrected chi connectivity index (χ0v) is 22.8. The molecule has 6 nitrogen and oxygen atoms in total. The van der Waals surface area contributed by atoms with Gasteiger partial charge in [0.05, 0.1) is 20.6 Å².